The Kier molecular flexibility index (Phi) is 8.86. The lowest BCUT2D eigenvalue weighted by Crippen LogP contribution is -2.55. The third kappa shape index (κ3) is 6.20. The predicted molar refractivity (Wildman–Crippen MR) is 190 cm³/mol. The first-order chi connectivity index (χ1) is 22.7. The topological polar surface area (TPSA) is 79.2 Å². The smallest absolute Gasteiger partial charge is 0.185 e. The molecule has 0 bridgehead atoms. The standard InChI is InChI=1S/C43H46O5/c1-25-12-26(2)17-34(16-25)42(45,35-18-27(3)13-28(4)19-35)39-40(48-41(47-39)33-10-9-11-38(44)24-33)43(46,36-20-29(5)14-30(6)21-36)37-22-31(7)15-32(8)23-37/h9-24,39-41,44-46H,1-8H3/t39-,40-/m1/s1. The Balaban J connectivity index is 1.70. The molecular weight excluding hydrogens is 596 g/mol. The molecule has 0 spiro atoms. The van der Waals surface area contributed by atoms with Crippen molar-refractivity contribution in [1.82, 2.24) is 0 Å². The van der Waals surface area contributed by atoms with Crippen LogP contribution in [0.25, 0.3) is 0 Å². The van der Waals surface area contributed by atoms with Gasteiger partial charge in [0.25, 0.3) is 0 Å². The van der Waals surface area contributed by atoms with E-state index in [4.69, 9.17) is 9.47 Å². The van der Waals surface area contributed by atoms with Crippen LogP contribution in [0.15, 0.2) is 97.1 Å². The van der Waals surface area contributed by atoms with E-state index in [0.29, 0.717) is 27.8 Å². The number of aromatic hydroxyl groups is 1. The Morgan fingerprint density at radius 3 is 1.00 bits per heavy atom. The van der Waals surface area contributed by atoms with Gasteiger partial charge in [-0.25, -0.2) is 0 Å². The summed E-state index contributed by atoms with van der Waals surface area (Å²) in [5.74, 6) is 0.0671. The van der Waals surface area contributed by atoms with Crippen molar-refractivity contribution in [3.63, 3.8) is 0 Å². The second kappa shape index (κ2) is 12.6. The second-order valence-corrected chi connectivity index (χ2v) is 14.1. The van der Waals surface area contributed by atoms with Gasteiger partial charge in [-0.1, -0.05) is 129 Å². The van der Waals surface area contributed by atoms with Crippen molar-refractivity contribution in [1.29, 1.82) is 0 Å². The van der Waals surface area contributed by atoms with Crippen LogP contribution in [0.4, 0.5) is 0 Å². The number of hydrogen-bond donors (Lipinski definition) is 3. The molecule has 0 unspecified atom stereocenters. The highest BCUT2D eigenvalue weighted by Crippen LogP contribution is 2.52. The average Bonchev–Trinajstić information content (AvgIpc) is 3.45. The number of ether oxygens (including phenoxy) is 2. The maximum Gasteiger partial charge on any atom is 0.185 e. The van der Waals surface area contributed by atoms with Gasteiger partial charge in [-0.15, -0.1) is 0 Å². The van der Waals surface area contributed by atoms with Crippen LogP contribution in [-0.2, 0) is 20.7 Å². The van der Waals surface area contributed by atoms with E-state index in [9.17, 15) is 15.3 Å². The Hall–Kier alpha value is -4.26. The molecular formula is C43H46O5. The zero-order chi connectivity index (χ0) is 34.5. The maximum absolute atomic E-state index is 13.6. The number of rotatable bonds is 7. The molecule has 1 saturated heterocycles. The molecule has 0 aliphatic carbocycles. The molecule has 2 atom stereocenters. The minimum Gasteiger partial charge on any atom is -0.508 e. The van der Waals surface area contributed by atoms with Crippen molar-refractivity contribution < 1.29 is 24.8 Å². The van der Waals surface area contributed by atoms with Crippen LogP contribution in [0.3, 0.4) is 0 Å². The molecule has 1 heterocycles. The van der Waals surface area contributed by atoms with Gasteiger partial charge < -0.3 is 24.8 Å². The Labute approximate surface area is 284 Å². The van der Waals surface area contributed by atoms with Crippen LogP contribution in [0.1, 0.15) is 78.6 Å². The molecule has 3 N–H and O–H groups in total. The number of aliphatic hydroxyl groups is 2. The van der Waals surface area contributed by atoms with E-state index in [1.54, 1.807) is 18.2 Å². The molecule has 0 amide bonds. The molecule has 0 aromatic heterocycles. The van der Waals surface area contributed by atoms with Gasteiger partial charge in [0.05, 0.1) is 0 Å². The minimum absolute atomic E-state index is 0.0671. The van der Waals surface area contributed by atoms with E-state index < -0.39 is 29.7 Å². The van der Waals surface area contributed by atoms with Gasteiger partial charge >= 0.3 is 0 Å². The summed E-state index contributed by atoms with van der Waals surface area (Å²) in [4.78, 5) is 0. The third-order valence-electron chi connectivity index (χ3n) is 9.43. The number of hydrogen-bond acceptors (Lipinski definition) is 5. The number of phenols is 1. The van der Waals surface area contributed by atoms with Crippen LogP contribution < -0.4 is 0 Å². The molecule has 0 radical (unpaired) electrons. The van der Waals surface area contributed by atoms with Crippen LogP contribution in [0, 0.1) is 55.4 Å². The van der Waals surface area contributed by atoms with Gasteiger partial charge in [-0.2, -0.15) is 0 Å². The van der Waals surface area contributed by atoms with Crippen LogP contribution in [-0.4, -0.2) is 27.5 Å². The van der Waals surface area contributed by atoms with E-state index >= 15 is 0 Å². The summed E-state index contributed by atoms with van der Waals surface area (Å²) >= 11 is 0. The second-order valence-electron chi connectivity index (χ2n) is 14.1. The fourth-order valence-electron chi connectivity index (χ4n) is 7.67. The zero-order valence-corrected chi connectivity index (χ0v) is 29.1. The SMILES string of the molecule is Cc1cc(C)cc(C(O)(c2cc(C)cc(C)c2)[C@@H]2OC(c3cccc(O)c3)O[C@H]2C(O)(c2cc(C)cc(C)c2)c2cc(C)cc(C)c2)c1. The van der Waals surface area contributed by atoms with Gasteiger partial charge in [0.15, 0.2) is 6.29 Å². The number of aryl methyl sites for hydroxylation is 8. The van der Waals surface area contributed by atoms with E-state index in [2.05, 4.69) is 24.3 Å². The van der Waals surface area contributed by atoms with Crippen molar-refractivity contribution in [2.24, 2.45) is 0 Å². The number of benzene rings is 5. The molecule has 5 aromatic rings. The fourth-order valence-corrected chi connectivity index (χ4v) is 7.67. The largest absolute Gasteiger partial charge is 0.508 e. The van der Waals surface area contributed by atoms with Crippen molar-refractivity contribution in [3.8, 4) is 5.75 Å². The molecule has 5 aromatic carbocycles. The predicted octanol–water partition coefficient (Wildman–Crippen LogP) is 8.51. The molecule has 1 fully saturated rings. The van der Waals surface area contributed by atoms with E-state index in [1.165, 1.54) is 0 Å². The molecule has 1 aliphatic rings. The van der Waals surface area contributed by atoms with Gasteiger partial charge in [0, 0.05) is 5.56 Å². The van der Waals surface area contributed by atoms with E-state index in [0.717, 1.165) is 44.5 Å². The summed E-state index contributed by atoms with van der Waals surface area (Å²) in [6.45, 7) is 16.1. The van der Waals surface area contributed by atoms with Crippen LogP contribution in [0.2, 0.25) is 0 Å². The summed E-state index contributed by atoms with van der Waals surface area (Å²) < 4.78 is 13.8. The average molecular weight is 643 g/mol. The van der Waals surface area contributed by atoms with Gasteiger partial charge in [0.2, 0.25) is 0 Å². The molecule has 1 aliphatic heterocycles. The summed E-state index contributed by atoms with van der Waals surface area (Å²) in [7, 11) is 0. The first-order valence-electron chi connectivity index (χ1n) is 16.6. The quantitative estimate of drug-likeness (QED) is 0.166. The van der Waals surface area contributed by atoms with Gasteiger partial charge in [0.1, 0.15) is 29.2 Å². The Morgan fingerprint density at radius 2 is 0.729 bits per heavy atom. The van der Waals surface area contributed by atoms with Crippen LogP contribution in [0.5, 0.6) is 5.75 Å². The minimum atomic E-state index is -1.77. The third-order valence-corrected chi connectivity index (χ3v) is 9.43. The summed E-state index contributed by atoms with van der Waals surface area (Å²) in [5, 5.41) is 37.6. The fraction of sp³-hybridized carbons (Fsp3) is 0.302. The van der Waals surface area contributed by atoms with Crippen molar-refractivity contribution >= 4 is 0 Å². The molecule has 0 saturated carbocycles. The van der Waals surface area contributed by atoms with E-state index in [-0.39, 0.29) is 5.75 Å². The molecule has 5 heteroatoms. The summed E-state index contributed by atoms with van der Waals surface area (Å²) in [5.41, 5.74) is 7.55. The highest BCUT2D eigenvalue weighted by atomic mass is 16.7. The van der Waals surface area contributed by atoms with Crippen molar-refractivity contribution in [3.05, 3.63) is 169 Å². The van der Waals surface area contributed by atoms with Crippen LogP contribution >= 0.6 is 0 Å². The molecule has 6 rings (SSSR count). The number of phenolic OH excluding ortho intramolecular Hbond substituents is 1. The summed E-state index contributed by atoms with van der Waals surface area (Å²) in [6.07, 6.45) is -3.23. The first-order valence-corrected chi connectivity index (χ1v) is 16.6. The lowest BCUT2D eigenvalue weighted by atomic mass is 9.70. The Morgan fingerprint density at radius 1 is 0.438 bits per heavy atom. The molecule has 248 valence electrons. The lowest BCUT2D eigenvalue weighted by molar-refractivity contribution is -0.110. The van der Waals surface area contributed by atoms with Crippen molar-refractivity contribution in [2.45, 2.75) is 85.1 Å². The highest BCUT2D eigenvalue weighted by molar-refractivity contribution is 5.49. The summed E-state index contributed by atoms with van der Waals surface area (Å²) in [6, 6.07) is 30.9. The molecule has 5 nitrogen and oxygen atoms in total. The zero-order valence-electron chi connectivity index (χ0n) is 29.1. The first kappa shape index (κ1) is 33.6. The maximum atomic E-state index is 13.6. The lowest BCUT2D eigenvalue weighted by Gasteiger charge is -2.43. The van der Waals surface area contributed by atoms with Gasteiger partial charge in [-0.3, -0.25) is 0 Å². The highest BCUT2D eigenvalue weighted by Gasteiger charge is 2.60. The van der Waals surface area contributed by atoms with Gasteiger partial charge in [-0.05, 0) is 89.8 Å². The monoisotopic (exact) mass is 642 g/mol. The molecule has 48 heavy (non-hydrogen) atoms. The van der Waals surface area contributed by atoms with E-state index in [1.807, 2.05) is 110 Å². The normalized spacial score (nSPS) is 17.2. The Bertz CT molecular complexity index is 1690. The van der Waals surface area contributed by atoms with Crippen molar-refractivity contribution in [2.75, 3.05) is 0 Å².